The van der Waals surface area contributed by atoms with E-state index in [2.05, 4.69) is 4.84 Å². The van der Waals surface area contributed by atoms with Gasteiger partial charge in [0.15, 0.2) is 0 Å². The van der Waals surface area contributed by atoms with Crippen molar-refractivity contribution in [1.29, 1.82) is 0 Å². The minimum absolute atomic E-state index is 0.906. The molecule has 0 aromatic heterocycles. The van der Waals surface area contributed by atoms with Gasteiger partial charge in [0.05, 0.1) is 0 Å². The van der Waals surface area contributed by atoms with Gasteiger partial charge in [-0.05, 0) is 0 Å². The first kappa shape index (κ1) is 11.5. The summed E-state index contributed by atoms with van der Waals surface area (Å²) in [6.45, 7) is 0. The third-order valence-corrected chi connectivity index (χ3v) is 0.869. The SMILES string of the molecule is CN(C)C(=O)NOC(=O)C(F)(F)F. The van der Waals surface area contributed by atoms with Gasteiger partial charge in [0, 0.05) is 14.1 Å². The average Bonchev–Trinajstić information content (AvgIpc) is 1.97. The molecule has 76 valence electrons. The summed E-state index contributed by atoms with van der Waals surface area (Å²) in [7, 11) is 2.55. The lowest BCUT2D eigenvalue weighted by molar-refractivity contribution is -0.204. The van der Waals surface area contributed by atoms with Crippen molar-refractivity contribution in [2.45, 2.75) is 6.18 Å². The molecule has 0 rings (SSSR count). The Bertz CT molecular complexity index is 214. The molecule has 0 unspecified atom stereocenters. The Morgan fingerprint density at radius 1 is 1.31 bits per heavy atom. The number of carbonyl (C=O) groups is 2. The first-order valence-electron chi connectivity index (χ1n) is 3.00. The van der Waals surface area contributed by atoms with Crippen molar-refractivity contribution in [3.05, 3.63) is 0 Å². The normalized spacial score (nSPS) is 10.5. The minimum Gasteiger partial charge on any atom is -0.331 e. The van der Waals surface area contributed by atoms with E-state index in [0.29, 0.717) is 0 Å². The van der Waals surface area contributed by atoms with E-state index in [9.17, 15) is 22.8 Å². The van der Waals surface area contributed by atoms with Gasteiger partial charge in [-0.3, -0.25) is 0 Å². The van der Waals surface area contributed by atoms with Gasteiger partial charge >= 0.3 is 18.2 Å². The van der Waals surface area contributed by atoms with Gasteiger partial charge in [-0.15, -0.1) is 0 Å². The van der Waals surface area contributed by atoms with Crippen molar-refractivity contribution in [2.24, 2.45) is 0 Å². The van der Waals surface area contributed by atoms with Crippen molar-refractivity contribution < 1.29 is 27.6 Å². The van der Waals surface area contributed by atoms with E-state index >= 15 is 0 Å². The molecule has 1 N–H and O–H groups in total. The maximum Gasteiger partial charge on any atom is 0.493 e. The fourth-order valence-corrected chi connectivity index (χ4v) is 0.239. The summed E-state index contributed by atoms with van der Waals surface area (Å²) in [6.07, 6.45) is -5.11. The molecule has 0 aliphatic heterocycles. The van der Waals surface area contributed by atoms with Crippen molar-refractivity contribution >= 4 is 12.0 Å². The first-order chi connectivity index (χ1) is 5.75. The molecule has 0 atom stereocenters. The number of nitrogens with one attached hydrogen (secondary N) is 1. The highest BCUT2D eigenvalue weighted by molar-refractivity contribution is 5.79. The molecule has 0 spiro atoms. The lowest BCUT2D eigenvalue weighted by Gasteiger charge is -2.11. The third-order valence-electron chi connectivity index (χ3n) is 0.869. The predicted octanol–water partition coefficient (Wildman–Crippen LogP) is 0.278. The highest BCUT2D eigenvalue weighted by Gasteiger charge is 2.42. The zero-order valence-electron chi connectivity index (χ0n) is 6.81. The zero-order valence-corrected chi connectivity index (χ0v) is 6.81. The van der Waals surface area contributed by atoms with E-state index in [1.54, 1.807) is 0 Å². The van der Waals surface area contributed by atoms with Gasteiger partial charge in [-0.25, -0.2) is 9.59 Å². The number of carbonyl (C=O) groups excluding carboxylic acids is 2. The smallest absolute Gasteiger partial charge is 0.331 e. The van der Waals surface area contributed by atoms with Crippen LogP contribution >= 0.6 is 0 Å². The van der Waals surface area contributed by atoms with E-state index in [1.807, 2.05) is 0 Å². The van der Waals surface area contributed by atoms with Gasteiger partial charge in [0.2, 0.25) is 0 Å². The minimum atomic E-state index is -5.11. The zero-order chi connectivity index (χ0) is 10.6. The second-order valence-electron chi connectivity index (χ2n) is 2.19. The molecule has 0 radical (unpaired) electrons. The molecule has 0 saturated heterocycles. The maximum atomic E-state index is 11.5. The number of hydroxylamine groups is 1. The summed E-state index contributed by atoms with van der Waals surface area (Å²) in [5.74, 6) is -2.47. The second kappa shape index (κ2) is 3.97. The number of amides is 2. The number of rotatable bonds is 0. The molecular weight excluding hydrogens is 193 g/mol. The summed E-state index contributed by atoms with van der Waals surface area (Å²) in [6, 6.07) is -0.961. The molecule has 2 amide bonds. The third kappa shape index (κ3) is 4.19. The van der Waals surface area contributed by atoms with Gasteiger partial charge in [0.25, 0.3) is 0 Å². The lowest BCUT2D eigenvalue weighted by Crippen LogP contribution is -2.39. The van der Waals surface area contributed by atoms with E-state index in [-0.39, 0.29) is 0 Å². The molecule has 0 heterocycles. The van der Waals surface area contributed by atoms with E-state index in [1.165, 1.54) is 19.6 Å². The van der Waals surface area contributed by atoms with Crippen molar-refractivity contribution in [2.75, 3.05) is 14.1 Å². The molecule has 0 aliphatic rings. The Kier molecular flexibility index (Phi) is 3.52. The van der Waals surface area contributed by atoms with Crippen LogP contribution in [0, 0.1) is 0 Å². The van der Waals surface area contributed by atoms with Crippen LogP contribution in [0.5, 0.6) is 0 Å². The molecule has 0 aliphatic carbocycles. The van der Waals surface area contributed by atoms with Crippen LogP contribution in [-0.2, 0) is 9.63 Å². The van der Waals surface area contributed by atoms with Crippen LogP contribution in [0.4, 0.5) is 18.0 Å². The number of hydrogen-bond acceptors (Lipinski definition) is 3. The molecule has 8 heteroatoms. The van der Waals surface area contributed by atoms with Crippen LogP contribution < -0.4 is 5.48 Å². The Morgan fingerprint density at radius 3 is 2.08 bits per heavy atom. The number of nitrogens with zero attached hydrogens (tertiary/aromatic N) is 1. The highest BCUT2D eigenvalue weighted by Crippen LogP contribution is 2.15. The Labute approximate surface area is 71.4 Å². The topological polar surface area (TPSA) is 58.6 Å². The van der Waals surface area contributed by atoms with Gasteiger partial charge in [-0.2, -0.15) is 18.7 Å². The molecule has 0 aromatic carbocycles. The second-order valence-corrected chi connectivity index (χ2v) is 2.19. The fraction of sp³-hybridized carbons (Fsp3) is 0.600. The van der Waals surface area contributed by atoms with Gasteiger partial charge in [-0.1, -0.05) is 0 Å². The molecule has 5 nitrogen and oxygen atoms in total. The standard InChI is InChI=1S/C5H7F3N2O3/c1-10(2)4(12)9-13-3(11)5(6,7)8/h1-2H3,(H,9,12). The summed E-state index contributed by atoms with van der Waals surface area (Å²) in [5, 5.41) is 0. The Hall–Kier alpha value is -1.47. The quantitative estimate of drug-likeness (QED) is 0.571. The fourth-order valence-electron chi connectivity index (χ4n) is 0.239. The largest absolute Gasteiger partial charge is 0.493 e. The molecule has 13 heavy (non-hydrogen) atoms. The van der Waals surface area contributed by atoms with Crippen molar-refractivity contribution in [3.63, 3.8) is 0 Å². The average molecular weight is 200 g/mol. The molecule has 0 saturated carbocycles. The van der Waals surface area contributed by atoms with Crippen LogP contribution in [-0.4, -0.2) is 37.2 Å². The van der Waals surface area contributed by atoms with Gasteiger partial charge < -0.3 is 9.74 Å². The van der Waals surface area contributed by atoms with Crippen LogP contribution in [0.25, 0.3) is 0 Å². The van der Waals surface area contributed by atoms with Crippen LogP contribution in [0.1, 0.15) is 0 Å². The molecule has 0 bridgehead atoms. The summed E-state index contributed by atoms with van der Waals surface area (Å²) < 4.78 is 34.4. The first-order valence-corrected chi connectivity index (χ1v) is 3.00. The predicted molar refractivity (Wildman–Crippen MR) is 34.4 cm³/mol. The maximum absolute atomic E-state index is 11.5. The molecule has 0 fully saturated rings. The Balaban J connectivity index is 3.92. The van der Waals surface area contributed by atoms with E-state index in [0.717, 1.165) is 4.90 Å². The summed E-state index contributed by atoms with van der Waals surface area (Å²) in [5.41, 5.74) is 1.31. The van der Waals surface area contributed by atoms with Crippen molar-refractivity contribution in [3.8, 4) is 0 Å². The van der Waals surface area contributed by atoms with Crippen LogP contribution in [0.15, 0.2) is 0 Å². The van der Waals surface area contributed by atoms with Crippen LogP contribution in [0.2, 0.25) is 0 Å². The van der Waals surface area contributed by atoms with E-state index in [4.69, 9.17) is 0 Å². The summed E-state index contributed by atoms with van der Waals surface area (Å²) >= 11 is 0. The van der Waals surface area contributed by atoms with Crippen LogP contribution in [0.3, 0.4) is 0 Å². The number of urea groups is 1. The monoisotopic (exact) mass is 200 g/mol. The van der Waals surface area contributed by atoms with Gasteiger partial charge in [0.1, 0.15) is 0 Å². The summed E-state index contributed by atoms with van der Waals surface area (Å²) in [4.78, 5) is 24.9. The molecule has 0 aromatic rings. The molecular formula is C5H7F3N2O3. The number of halogens is 3. The van der Waals surface area contributed by atoms with E-state index < -0.39 is 18.2 Å². The van der Waals surface area contributed by atoms with Crippen molar-refractivity contribution in [1.82, 2.24) is 10.4 Å². The number of alkyl halides is 3. The lowest BCUT2D eigenvalue weighted by atomic mass is 10.7. The number of hydrogen-bond donors (Lipinski definition) is 1. The highest BCUT2D eigenvalue weighted by atomic mass is 19.4. The Morgan fingerprint density at radius 2 is 1.77 bits per heavy atom.